The van der Waals surface area contributed by atoms with Crippen LogP contribution in [0.2, 0.25) is 0 Å². The molecule has 4 bridgehead atoms. The van der Waals surface area contributed by atoms with Gasteiger partial charge in [-0.1, -0.05) is 119 Å². The fourth-order valence-electron chi connectivity index (χ4n) is 9.21. The molecule has 0 unspecified atom stereocenters. The maximum atomic E-state index is 6.18. The highest BCUT2D eigenvalue weighted by Crippen LogP contribution is 2.74. The molecule has 8 rings (SSSR count). The number of rotatable bonds is 4. The lowest BCUT2D eigenvalue weighted by atomic mass is 9.32. The molecule has 8 radical (unpaired) electrons. The Bertz CT molecular complexity index is 1220. The Hall–Kier alpha value is -2.86. The smallest absolute Gasteiger partial charge is 0.0967 e. The average molecular weight is 480 g/mol. The molecule has 176 valence electrons. The number of benzene rings is 4. The summed E-state index contributed by atoms with van der Waals surface area (Å²) < 4.78 is 0. The fraction of sp³-hybridized carbons (Fsp3) is 0.294. The van der Waals surface area contributed by atoms with Gasteiger partial charge in [0.2, 0.25) is 0 Å². The molecule has 0 spiro atoms. The van der Waals surface area contributed by atoms with Gasteiger partial charge in [0.25, 0.3) is 0 Å². The van der Waals surface area contributed by atoms with Crippen molar-refractivity contribution in [2.24, 2.45) is 0 Å². The van der Waals surface area contributed by atoms with E-state index < -0.39 is 0 Å². The zero-order valence-electron chi connectivity index (χ0n) is 21.8. The Morgan fingerprint density at radius 2 is 0.447 bits per heavy atom. The van der Waals surface area contributed by atoms with Crippen LogP contribution in [0.25, 0.3) is 0 Å². The molecule has 0 saturated heterocycles. The summed E-state index contributed by atoms with van der Waals surface area (Å²) in [5.74, 6) is 0. The van der Waals surface area contributed by atoms with E-state index in [1.54, 1.807) is 0 Å². The highest BCUT2D eigenvalue weighted by Gasteiger charge is 2.69. The third-order valence-corrected chi connectivity index (χ3v) is 10.2. The molecular formula is C34H28B4. The lowest BCUT2D eigenvalue weighted by molar-refractivity contribution is -0.0691. The minimum Gasteiger partial charge on any atom is -0.0967 e. The monoisotopic (exact) mass is 480 g/mol. The average Bonchev–Trinajstić information content (AvgIpc) is 2.89. The van der Waals surface area contributed by atoms with Crippen LogP contribution < -0.4 is 21.9 Å². The quantitative estimate of drug-likeness (QED) is 0.394. The van der Waals surface area contributed by atoms with Crippen LogP contribution in [0, 0.1) is 0 Å². The van der Waals surface area contributed by atoms with Crippen LogP contribution in [0.5, 0.6) is 0 Å². The Labute approximate surface area is 232 Å². The highest BCUT2D eigenvalue weighted by molar-refractivity contribution is 6.33. The minimum absolute atomic E-state index is 0.0204. The third kappa shape index (κ3) is 3.63. The van der Waals surface area contributed by atoms with Crippen LogP contribution in [-0.4, -0.2) is 31.4 Å². The summed E-state index contributed by atoms with van der Waals surface area (Å²) >= 11 is 0. The zero-order valence-corrected chi connectivity index (χ0v) is 21.8. The summed E-state index contributed by atoms with van der Waals surface area (Å²) in [5.41, 5.74) is 8.97. The minimum atomic E-state index is 0.0204. The number of hydrogen-bond donors (Lipinski definition) is 0. The van der Waals surface area contributed by atoms with Crippen molar-refractivity contribution in [1.82, 2.24) is 0 Å². The lowest BCUT2D eigenvalue weighted by Gasteiger charge is -2.71. The molecule has 4 aromatic carbocycles. The maximum absolute atomic E-state index is 6.18. The topological polar surface area (TPSA) is 0 Å². The summed E-state index contributed by atoms with van der Waals surface area (Å²) in [6, 6.07) is 34.9. The van der Waals surface area contributed by atoms with E-state index in [4.69, 9.17) is 31.4 Å². The van der Waals surface area contributed by atoms with Gasteiger partial charge in [-0.2, -0.15) is 0 Å². The van der Waals surface area contributed by atoms with E-state index in [1.165, 1.54) is 22.3 Å². The molecule has 0 atom stereocenters. The zero-order chi connectivity index (χ0) is 26.2. The van der Waals surface area contributed by atoms with Gasteiger partial charge in [0.15, 0.2) is 0 Å². The second-order valence-corrected chi connectivity index (χ2v) is 12.7. The molecule has 0 amide bonds. The molecule has 38 heavy (non-hydrogen) atoms. The van der Waals surface area contributed by atoms with Gasteiger partial charge >= 0.3 is 0 Å². The standard InChI is InChI=1S/C34H28B4/c35-27-9-1-23(2-10-27)31-17-32(24-3-11-28(36)12-4-24)20-33(18-31,25-5-13-29(37)14-6-25)22-34(19-31,21-32)26-7-15-30(38)16-8-26/h1-16H,17-22H2. The van der Waals surface area contributed by atoms with E-state index >= 15 is 0 Å². The predicted octanol–water partition coefficient (Wildman–Crippen LogP) is 3.30. The maximum Gasteiger partial charge on any atom is 0.113 e. The molecule has 4 saturated carbocycles. The van der Waals surface area contributed by atoms with Crippen LogP contribution in [0.15, 0.2) is 97.1 Å². The molecule has 4 aliphatic carbocycles. The van der Waals surface area contributed by atoms with Gasteiger partial charge in [0.05, 0.1) is 0 Å². The van der Waals surface area contributed by atoms with Crippen LogP contribution in [0.1, 0.15) is 60.8 Å². The second-order valence-electron chi connectivity index (χ2n) is 12.7. The van der Waals surface area contributed by atoms with E-state index in [2.05, 4.69) is 97.1 Å². The van der Waals surface area contributed by atoms with E-state index in [1.807, 2.05) is 0 Å². The van der Waals surface area contributed by atoms with Crippen molar-refractivity contribution in [1.29, 1.82) is 0 Å². The van der Waals surface area contributed by atoms with Gasteiger partial charge in [-0.25, -0.2) is 0 Å². The van der Waals surface area contributed by atoms with Crippen molar-refractivity contribution < 1.29 is 0 Å². The van der Waals surface area contributed by atoms with Crippen LogP contribution in [-0.2, 0) is 21.7 Å². The van der Waals surface area contributed by atoms with Crippen molar-refractivity contribution in [2.45, 2.75) is 60.2 Å². The predicted molar refractivity (Wildman–Crippen MR) is 162 cm³/mol. The Kier molecular flexibility index (Phi) is 5.30. The fourth-order valence-corrected chi connectivity index (χ4v) is 9.21. The first-order chi connectivity index (χ1) is 18.2. The van der Waals surface area contributed by atoms with Gasteiger partial charge < -0.3 is 0 Å². The first kappa shape index (κ1) is 24.2. The summed E-state index contributed by atoms with van der Waals surface area (Å²) in [6.07, 6.45) is 6.76. The molecule has 0 nitrogen and oxygen atoms in total. The Morgan fingerprint density at radius 3 is 0.605 bits per heavy atom. The molecule has 0 N–H and O–H groups in total. The van der Waals surface area contributed by atoms with Crippen molar-refractivity contribution in [3.63, 3.8) is 0 Å². The van der Waals surface area contributed by atoms with E-state index in [0.717, 1.165) is 60.4 Å². The molecule has 4 aliphatic rings. The first-order valence-electron chi connectivity index (χ1n) is 13.7. The third-order valence-electron chi connectivity index (χ3n) is 10.2. The van der Waals surface area contributed by atoms with Crippen LogP contribution in [0.4, 0.5) is 0 Å². The second kappa shape index (κ2) is 8.32. The Morgan fingerprint density at radius 1 is 0.289 bits per heavy atom. The van der Waals surface area contributed by atoms with Crippen molar-refractivity contribution >= 4 is 53.2 Å². The van der Waals surface area contributed by atoms with Crippen LogP contribution >= 0.6 is 0 Å². The summed E-state index contributed by atoms with van der Waals surface area (Å²) in [6.45, 7) is 0. The molecular weight excluding hydrogens is 452 g/mol. The van der Waals surface area contributed by atoms with Gasteiger partial charge in [-0.05, 0) is 82.4 Å². The summed E-state index contributed by atoms with van der Waals surface area (Å²) in [4.78, 5) is 0. The van der Waals surface area contributed by atoms with E-state index in [0.29, 0.717) is 0 Å². The molecule has 4 aromatic rings. The van der Waals surface area contributed by atoms with Gasteiger partial charge in [-0.3, -0.25) is 0 Å². The van der Waals surface area contributed by atoms with Crippen LogP contribution in [0.3, 0.4) is 0 Å². The van der Waals surface area contributed by atoms with Gasteiger partial charge in [0.1, 0.15) is 31.4 Å². The molecule has 0 heterocycles. The molecule has 0 aliphatic heterocycles. The normalized spacial score (nSPS) is 31.4. The SMILES string of the molecule is [B]c1ccc(C23CC4(c5ccc([B])cc5)CC(c5ccc([B])cc5)(C2)CC(c2ccc([B])cc2)(C3)C4)cc1. The molecule has 4 fully saturated rings. The molecule has 4 heteroatoms. The van der Waals surface area contributed by atoms with Gasteiger partial charge in [0, 0.05) is 0 Å². The summed E-state index contributed by atoms with van der Waals surface area (Å²) in [5, 5.41) is 0. The molecule has 0 aromatic heterocycles. The highest BCUT2D eigenvalue weighted by atomic mass is 14.7. The van der Waals surface area contributed by atoms with Gasteiger partial charge in [-0.15, -0.1) is 0 Å². The number of hydrogen-bond acceptors (Lipinski definition) is 0. The van der Waals surface area contributed by atoms with Crippen molar-refractivity contribution in [3.8, 4) is 0 Å². The Balaban J connectivity index is 1.51. The largest absolute Gasteiger partial charge is 0.113 e. The summed E-state index contributed by atoms with van der Waals surface area (Å²) in [7, 11) is 24.7. The first-order valence-corrected chi connectivity index (χ1v) is 13.7. The van der Waals surface area contributed by atoms with Crippen molar-refractivity contribution in [3.05, 3.63) is 119 Å². The van der Waals surface area contributed by atoms with Crippen molar-refractivity contribution in [2.75, 3.05) is 0 Å². The van der Waals surface area contributed by atoms with E-state index in [-0.39, 0.29) is 21.7 Å². The van der Waals surface area contributed by atoms with E-state index in [9.17, 15) is 0 Å². The lowest BCUT2D eigenvalue weighted by Crippen LogP contribution is -2.67.